The molecule has 1 aliphatic carbocycles. The Kier molecular flexibility index (Phi) is 1.94. The Bertz CT molecular complexity index is 266. The van der Waals surface area contributed by atoms with Gasteiger partial charge in [0.05, 0.1) is 6.33 Å². The quantitative estimate of drug-likeness (QED) is 0.659. The van der Waals surface area contributed by atoms with Crippen LogP contribution in [0.1, 0.15) is 19.3 Å². The molecule has 0 amide bonds. The number of carbonyl (C=O) groups excluding carboxylic acids is 1. The fourth-order valence-corrected chi connectivity index (χ4v) is 1.73. The van der Waals surface area contributed by atoms with Gasteiger partial charge in [-0.2, -0.15) is 0 Å². The van der Waals surface area contributed by atoms with Gasteiger partial charge in [-0.25, -0.2) is 4.98 Å². The molecular formula is C9H12N2O. The molecule has 0 N–H and O–H groups in total. The zero-order valence-corrected chi connectivity index (χ0v) is 6.94. The van der Waals surface area contributed by atoms with Crippen molar-refractivity contribution in [3.05, 3.63) is 18.7 Å². The van der Waals surface area contributed by atoms with Crippen LogP contribution in [0.4, 0.5) is 0 Å². The molecule has 12 heavy (non-hydrogen) atoms. The van der Waals surface area contributed by atoms with Crippen LogP contribution in [-0.4, -0.2) is 15.3 Å². The Hall–Kier alpha value is -1.12. The molecule has 0 aliphatic heterocycles. The topological polar surface area (TPSA) is 34.9 Å². The molecule has 64 valence electrons. The van der Waals surface area contributed by atoms with E-state index in [1.165, 1.54) is 0 Å². The zero-order chi connectivity index (χ0) is 8.39. The molecule has 1 aromatic heterocycles. The number of nitrogens with zero attached hydrogens (tertiary/aromatic N) is 2. The molecule has 0 spiro atoms. The molecule has 1 heterocycles. The van der Waals surface area contributed by atoms with E-state index in [1.807, 2.05) is 10.8 Å². The highest BCUT2D eigenvalue weighted by Crippen LogP contribution is 2.22. The van der Waals surface area contributed by atoms with Crippen molar-refractivity contribution in [2.75, 3.05) is 0 Å². The number of Topliss-reactive ketones (excluding diaryl/α,β-unsaturated/α-hetero) is 1. The van der Waals surface area contributed by atoms with Gasteiger partial charge in [0, 0.05) is 31.3 Å². The Morgan fingerprint density at radius 1 is 1.67 bits per heavy atom. The molecule has 1 atom stereocenters. The fourth-order valence-electron chi connectivity index (χ4n) is 1.73. The van der Waals surface area contributed by atoms with E-state index in [-0.39, 0.29) is 5.92 Å². The van der Waals surface area contributed by atoms with Crippen molar-refractivity contribution in [2.24, 2.45) is 5.92 Å². The summed E-state index contributed by atoms with van der Waals surface area (Å²) in [6.45, 7) is 0.818. The van der Waals surface area contributed by atoms with E-state index < -0.39 is 0 Å². The smallest absolute Gasteiger partial charge is 0.137 e. The van der Waals surface area contributed by atoms with Crippen LogP contribution in [0.3, 0.4) is 0 Å². The lowest BCUT2D eigenvalue weighted by Gasteiger charge is -2.07. The lowest BCUT2D eigenvalue weighted by atomic mass is 10.1. The van der Waals surface area contributed by atoms with Crippen LogP contribution in [0, 0.1) is 5.92 Å². The molecule has 1 aliphatic rings. The van der Waals surface area contributed by atoms with Gasteiger partial charge in [-0.15, -0.1) is 0 Å². The Morgan fingerprint density at radius 3 is 3.17 bits per heavy atom. The third-order valence-electron chi connectivity index (χ3n) is 2.42. The summed E-state index contributed by atoms with van der Waals surface area (Å²) in [6, 6.07) is 0. The predicted octanol–water partition coefficient (Wildman–Crippen LogP) is 1.25. The highest BCUT2D eigenvalue weighted by Gasteiger charge is 2.24. The first-order valence-electron chi connectivity index (χ1n) is 4.35. The average molecular weight is 164 g/mol. The van der Waals surface area contributed by atoms with Gasteiger partial charge in [-0.1, -0.05) is 0 Å². The van der Waals surface area contributed by atoms with Gasteiger partial charge in [0.1, 0.15) is 5.78 Å². The van der Waals surface area contributed by atoms with Gasteiger partial charge in [0.15, 0.2) is 0 Å². The third-order valence-corrected chi connectivity index (χ3v) is 2.42. The molecule has 1 unspecified atom stereocenters. The summed E-state index contributed by atoms with van der Waals surface area (Å²) >= 11 is 0. The zero-order valence-electron chi connectivity index (χ0n) is 6.94. The Balaban J connectivity index is 1.99. The van der Waals surface area contributed by atoms with Gasteiger partial charge in [-0.05, 0) is 12.8 Å². The lowest BCUT2D eigenvalue weighted by molar-refractivity contribution is -0.121. The minimum atomic E-state index is 0.249. The van der Waals surface area contributed by atoms with E-state index in [9.17, 15) is 4.79 Å². The monoisotopic (exact) mass is 164 g/mol. The van der Waals surface area contributed by atoms with Gasteiger partial charge in [0.25, 0.3) is 0 Å². The second-order valence-electron chi connectivity index (χ2n) is 3.31. The highest BCUT2D eigenvalue weighted by molar-refractivity contribution is 5.82. The van der Waals surface area contributed by atoms with Crippen LogP contribution in [0.2, 0.25) is 0 Å². The maximum Gasteiger partial charge on any atom is 0.137 e. The summed E-state index contributed by atoms with van der Waals surface area (Å²) in [7, 11) is 0. The average Bonchev–Trinajstić information content (AvgIpc) is 2.65. The minimum Gasteiger partial charge on any atom is -0.337 e. The number of hydrogen-bond donors (Lipinski definition) is 0. The molecule has 1 aromatic rings. The van der Waals surface area contributed by atoms with E-state index in [0.717, 1.165) is 25.8 Å². The SMILES string of the molecule is O=C1CCCC1Cn1ccnc1. The summed E-state index contributed by atoms with van der Waals surface area (Å²) in [5.74, 6) is 0.669. The Labute approximate surface area is 71.4 Å². The number of aromatic nitrogens is 2. The van der Waals surface area contributed by atoms with Gasteiger partial charge in [0.2, 0.25) is 0 Å². The molecule has 0 saturated heterocycles. The summed E-state index contributed by atoms with van der Waals surface area (Å²) < 4.78 is 1.98. The maximum atomic E-state index is 11.3. The Morgan fingerprint density at radius 2 is 2.58 bits per heavy atom. The second-order valence-corrected chi connectivity index (χ2v) is 3.31. The standard InChI is InChI=1S/C9H12N2O/c12-9-3-1-2-8(9)6-11-5-4-10-7-11/h4-5,7-8H,1-3,6H2. The van der Waals surface area contributed by atoms with Crippen molar-refractivity contribution in [1.29, 1.82) is 0 Å². The first kappa shape index (κ1) is 7.53. The summed E-state index contributed by atoms with van der Waals surface area (Å²) in [4.78, 5) is 15.2. The number of hydrogen-bond acceptors (Lipinski definition) is 2. The van der Waals surface area contributed by atoms with Crippen LogP contribution in [0.5, 0.6) is 0 Å². The largest absolute Gasteiger partial charge is 0.337 e. The molecule has 3 heteroatoms. The van der Waals surface area contributed by atoms with Crippen molar-refractivity contribution in [1.82, 2.24) is 9.55 Å². The number of imidazole rings is 1. The molecule has 3 nitrogen and oxygen atoms in total. The van der Waals surface area contributed by atoms with E-state index in [2.05, 4.69) is 4.98 Å². The van der Waals surface area contributed by atoms with Crippen LogP contribution in [0.25, 0.3) is 0 Å². The summed E-state index contributed by atoms with van der Waals surface area (Å²) in [5.41, 5.74) is 0. The molecular weight excluding hydrogens is 152 g/mol. The fraction of sp³-hybridized carbons (Fsp3) is 0.556. The van der Waals surface area contributed by atoms with E-state index in [0.29, 0.717) is 5.78 Å². The minimum absolute atomic E-state index is 0.249. The number of ketones is 1. The maximum absolute atomic E-state index is 11.3. The van der Waals surface area contributed by atoms with Crippen LogP contribution < -0.4 is 0 Å². The first-order valence-corrected chi connectivity index (χ1v) is 4.35. The van der Waals surface area contributed by atoms with Gasteiger partial charge in [-0.3, -0.25) is 4.79 Å². The van der Waals surface area contributed by atoms with Crippen molar-refractivity contribution >= 4 is 5.78 Å². The van der Waals surface area contributed by atoms with Gasteiger partial charge < -0.3 is 4.57 Å². The predicted molar refractivity (Wildman–Crippen MR) is 44.6 cm³/mol. The summed E-state index contributed by atoms with van der Waals surface area (Å²) in [5, 5.41) is 0. The van der Waals surface area contributed by atoms with E-state index >= 15 is 0 Å². The third kappa shape index (κ3) is 1.40. The van der Waals surface area contributed by atoms with Crippen LogP contribution >= 0.6 is 0 Å². The van der Waals surface area contributed by atoms with Gasteiger partial charge >= 0.3 is 0 Å². The van der Waals surface area contributed by atoms with Crippen LogP contribution in [-0.2, 0) is 11.3 Å². The highest BCUT2D eigenvalue weighted by atomic mass is 16.1. The summed E-state index contributed by atoms with van der Waals surface area (Å²) in [6.07, 6.45) is 8.32. The lowest BCUT2D eigenvalue weighted by Crippen LogP contribution is -2.13. The van der Waals surface area contributed by atoms with E-state index in [4.69, 9.17) is 0 Å². The molecule has 1 saturated carbocycles. The normalized spacial score (nSPS) is 23.3. The van der Waals surface area contributed by atoms with Crippen molar-refractivity contribution in [3.8, 4) is 0 Å². The second kappa shape index (κ2) is 3.09. The molecule has 0 aromatic carbocycles. The number of rotatable bonds is 2. The molecule has 1 fully saturated rings. The van der Waals surface area contributed by atoms with Crippen molar-refractivity contribution in [3.63, 3.8) is 0 Å². The first-order chi connectivity index (χ1) is 5.86. The van der Waals surface area contributed by atoms with Crippen molar-refractivity contribution < 1.29 is 4.79 Å². The van der Waals surface area contributed by atoms with Crippen molar-refractivity contribution in [2.45, 2.75) is 25.8 Å². The number of carbonyl (C=O) groups is 1. The molecule has 0 radical (unpaired) electrons. The van der Waals surface area contributed by atoms with E-state index in [1.54, 1.807) is 12.5 Å². The van der Waals surface area contributed by atoms with Crippen LogP contribution in [0.15, 0.2) is 18.7 Å². The molecule has 0 bridgehead atoms. The molecule has 2 rings (SSSR count).